The van der Waals surface area contributed by atoms with Gasteiger partial charge in [-0.15, -0.1) is 0 Å². The molecule has 0 unspecified atom stereocenters. The number of methoxy groups -OCH3 is 1. The lowest BCUT2D eigenvalue weighted by Crippen LogP contribution is -2.15. The highest BCUT2D eigenvalue weighted by atomic mass is 16.6. The summed E-state index contributed by atoms with van der Waals surface area (Å²) >= 11 is 0. The van der Waals surface area contributed by atoms with E-state index >= 15 is 0 Å². The Hall–Kier alpha value is -0.850. The molecule has 0 amide bonds. The Morgan fingerprint density at radius 3 is 0.848 bits per heavy atom. The van der Waals surface area contributed by atoms with Crippen molar-refractivity contribution < 1.29 is 47.4 Å². The van der Waals surface area contributed by atoms with E-state index in [0.717, 1.165) is 13.0 Å². The first kappa shape index (κ1) is 45.2. The van der Waals surface area contributed by atoms with E-state index in [-0.39, 0.29) is 12.4 Å². The summed E-state index contributed by atoms with van der Waals surface area (Å²) in [5.74, 6) is -0.277. The van der Waals surface area contributed by atoms with E-state index < -0.39 is 0 Å². The fourth-order valence-corrected chi connectivity index (χ4v) is 4.65. The molecule has 0 aromatic carbocycles. The topological polar surface area (TPSA) is 100 Å². The van der Waals surface area contributed by atoms with Crippen LogP contribution in [0.1, 0.15) is 116 Å². The van der Waals surface area contributed by atoms with Gasteiger partial charge in [0.05, 0.1) is 113 Å². The molecule has 0 aliphatic carbocycles. The van der Waals surface area contributed by atoms with Crippen LogP contribution >= 0.6 is 0 Å². The predicted octanol–water partition coefficient (Wildman–Crippen LogP) is 6.94. The van der Waals surface area contributed by atoms with Crippen molar-refractivity contribution in [3.8, 4) is 0 Å². The lowest BCUT2D eigenvalue weighted by molar-refractivity contribution is -0.141. The number of carbonyl (C=O) groups excluding carboxylic acids is 1. The van der Waals surface area contributed by atoms with Crippen LogP contribution in [0.5, 0.6) is 0 Å². The van der Waals surface area contributed by atoms with Crippen LogP contribution in [0.3, 0.4) is 0 Å². The minimum absolute atomic E-state index is 0.254. The van der Waals surface area contributed by atoms with Crippen LogP contribution in [0.4, 0.5) is 0 Å². The molecular formula is C36H72O10. The van der Waals surface area contributed by atoms with Crippen molar-refractivity contribution in [1.82, 2.24) is 0 Å². The molecule has 0 N–H and O–H groups in total. The average molecular weight is 665 g/mol. The Labute approximate surface area is 282 Å². The number of esters is 1. The van der Waals surface area contributed by atoms with E-state index in [9.17, 15) is 4.79 Å². The van der Waals surface area contributed by atoms with Crippen molar-refractivity contribution in [1.29, 1.82) is 0 Å². The lowest BCUT2D eigenvalue weighted by atomic mass is 10.0. The van der Waals surface area contributed by atoms with Crippen LogP contribution in [-0.2, 0) is 47.4 Å². The van der Waals surface area contributed by atoms with Gasteiger partial charge in [-0.3, -0.25) is 4.79 Å². The second-order valence-corrected chi connectivity index (χ2v) is 11.5. The fraction of sp³-hybridized carbons (Fsp3) is 0.972. The number of hydrogen-bond donors (Lipinski definition) is 0. The zero-order chi connectivity index (χ0) is 33.3. The molecule has 0 radical (unpaired) electrons. The number of ether oxygens (including phenoxy) is 9. The van der Waals surface area contributed by atoms with Gasteiger partial charge in [-0.1, -0.05) is 103 Å². The predicted molar refractivity (Wildman–Crippen MR) is 183 cm³/mol. The first-order valence-electron chi connectivity index (χ1n) is 18.5. The van der Waals surface area contributed by atoms with Crippen LogP contribution in [0.2, 0.25) is 0 Å². The van der Waals surface area contributed by atoms with E-state index in [1.807, 2.05) is 0 Å². The van der Waals surface area contributed by atoms with Crippen LogP contribution in [0.15, 0.2) is 0 Å². The van der Waals surface area contributed by atoms with Gasteiger partial charge in [0.2, 0.25) is 0 Å². The molecule has 0 fully saturated rings. The van der Waals surface area contributed by atoms with Crippen LogP contribution in [0, 0.1) is 0 Å². The Bertz CT molecular complexity index is 567. The van der Waals surface area contributed by atoms with E-state index in [1.165, 1.54) is 103 Å². The Morgan fingerprint density at radius 1 is 0.326 bits per heavy atom. The number of rotatable bonds is 41. The van der Waals surface area contributed by atoms with E-state index in [0.29, 0.717) is 99.1 Å². The normalized spacial score (nSPS) is 11.4. The Morgan fingerprint density at radius 2 is 0.565 bits per heavy atom. The summed E-state index contributed by atoms with van der Waals surface area (Å²) in [6.07, 6.45) is 22.4. The maximum Gasteiger partial charge on any atom is 0.307 e. The molecule has 0 aromatic heterocycles. The van der Waals surface area contributed by atoms with Gasteiger partial charge >= 0.3 is 5.97 Å². The third-order valence-electron chi connectivity index (χ3n) is 7.42. The van der Waals surface area contributed by atoms with Gasteiger partial charge < -0.3 is 42.6 Å². The van der Waals surface area contributed by atoms with Crippen molar-refractivity contribution in [3.05, 3.63) is 0 Å². The third kappa shape index (κ3) is 41.2. The van der Waals surface area contributed by atoms with Gasteiger partial charge in [-0.05, 0) is 6.42 Å². The van der Waals surface area contributed by atoms with Gasteiger partial charge in [0, 0.05) is 6.61 Å². The van der Waals surface area contributed by atoms with Crippen molar-refractivity contribution in [3.63, 3.8) is 0 Å². The zero-order valence-electron chi connectivity index (χ0n) is 29.9. The van der Waals surface area contributed by atoms with Gasteiger partial charge in [0.1, 0.15) is 0 Å². The van der Waals surface area contributed by atoms with Crippen LogP contribution in [-0.4, -0.2) is 119 Å². The standard InChI is InChI=1S/C36H72O10/c1-3-4-5-6-7-8-9-10-11-12-13-14-15-16-17-18-20-39-22-24-41-26-28-43-30-32-45-34-35-46-33-31-44-29-27-42-25-23-40-21-19-36(37)38-2/h3-35H2,1-2H3. The lowest BCUT2D eigenvalue weighted by Gasteiger charge is -2.08. The van der Waals surface area contributed by atoms with Crippen molar-refractivity contribution in [2.75, 3.05) is 113 Å². The maximum absolute atomic E-state index is 10.9. The molecule has 10 heteroatoms. The summed E-state index contributed by atoms with van der Waals surface area (Å²) in [6, 6.07) is 0. The summed E-state index contributed by atoms with van der Waals surface area (Å²) in [6.45, 7) is 10.9. The quantitative estimate of drug-likeness (QED) is 0.0505. The third-order valence-corrected chi connectivity index (χ3v) is 7.42. The molecule has 0 saturated carbocycles. The second kappa shape index (κ2) is 42.2. The largest absolute Gasteiger partial charge is 0.469 e. The minimum Gasteiger partial charge on any atom is -0.469 e. The molecule has 10 nitrogen and oxygen atoms in total. The monoisotopic (exact) mass is 665 g/mol. The Balaban J connectivity index is 3.05. The van der Waals surface area contributed by atoms with Crippen molar-refractivity contribution in [2.24, 2.45) is 0 Å². The second-order valence-electron chi connectivity index (χ2n) is 11.5. The van der Waals surface area contributed by atoms with Crippen LogP contribution in [0.25, 0.3) is 0 Å². The SMILES string of the molecule is CCCCCCCCCCCCCCCCCCOCCOCCOCCOCCOCCOCCOCCOCCC(=O)OC. The first-order valence-corrected chi connectivity index (χ1v) is 18.5. The molecule has 46 heavy (non-hydrogen) atoms. The number of hydrogen-bond acceptors (Lipinski definition) is 10. The zero-order valence-corrected chi connectivity index (χ0v) is 29.9. The summed E-state index contributed by atoms with van der Waals surface area (Å²) in [4.78, 5) is 10.9. The highest BCUT2D eigenvalue weighted by Crippen LogP contribution is 2.13. The molecule has 0 aromatic rings. The average Bonchev–Trinajstić information content (AvgIpc) is 3.07. The van der Waals surface area contributed by atoms with Crippen LogP contribution < -0.4 is 0 Å². The molecule has 0 aliphatic heterocycles. The highest BCUT2D eigenvalue weighted by Gasteiger charge is 2.00. The highest BCUT2D eigenvalue weighted by molar-refractivity contribution is 5.69. The van der Waals surface area contributed by atoms with Crippen molar-refractivity contribution in [2.45, 2.75) is 116 Å². The molecule has 0 bridgehead atoms. The number of carbonyl (C=O) groups is 1. The summed E-state index contributed by atoms with van der Waals surface area (Å²) < 4.78 is 48.3. The van der Waals surface area contributed by atoms with E-state index in [2.05, 4.69) is 11.7 Å². The van der Waals surface area contributed by atoms with Gasteiger partial charge in [-0.2, -0.15) is 0 Å². The summed E-state index contributed by atoms with van der Waals surface area (Å²) in [7, 11) is 1.36. The molecule has 276 valence electrons. The summed E-state index contributed by atoms with van der Waals surface area (Å²) in [5.41, 5.74) is 0. The molecular weight excluding hydrogens is 592 g/mol. The first-order chi connectivity index (χ1) is 22.8. The fourth-order valence-electron chi connectivity index (χ4n) is 4.65. The van der Waals surface area contributed by atoms with E-state index in [1.54, 1.807) is 0 Å². The van der Waals surface area contributed by atoms with Gasteiger partial charge in [0.25, 0.3) is 0 Å². The Kier molecular flexibility index (Phi) is 41.4. The molecule has 0 aliphatic rings. The molecule has 0 atom stereocenters. The maximum atomic E-state index is 10.9. The smallest absolute Gasteiger partial charge is 0.307 e. The molecule has 0 spiro atoms. The molecule has 0 rings (SSSR count). The number of unbranched alkanes of at least 4 members (excludes halogenated alkanes) is 15. The van der Waals surface area contributed by atoms with Gasteiger partial charge in [0.15, 0.2) is 0 Å². The van der Waals surface area contributed by atoms with E-state index in [4.69, 9.17) is 37.9 Å². The minimum atomic E-state index is -0.277. The van der Waals surface area contributed by atoms with Crippen molar-refractivity contribution >= 4 is 5.97 Å². The molecule has 0 saturated heterocycles. The molecule has 0 heterocycles. The summed E-state index contributed by atoms with van der Waals surface area (Å²) in [5, 5.41) is 0. The van der Waals surface area contributed by atoms with Gasteiger partial charge in [-0.25, -0.2) is 0 Å².